The molecule has 0 radical (unpaired) electrons. The van der Waals surface area contributed by atoms with Gasteiger partial charge < -0.3 is 19.5 Å². The van der Waals surface area contributed by atoms with Crippen LogP contribution in [0.3, 0.4) is 0 Å². The van der Waals surface area contributed by atoms with Crippen LogP contribution in [0.5, 0.6) is 17.2 Å². The number of hydrogen-bond acceptors (Lipinski definition) is 4. The van der Waals surface area contributed by atoms with Crippen LogP contribution in [0.25, 0.3) is 0 Å². The third kappa shape index (κ3) is 4.41. The van der Waals surface area contributed by atoms with E-state index in [0.717, 1.165) is 17.7 Å². The molecular weight excluding hydrogens is 374 g/mol. The Bertz CT molecular complexity index is 701. The number of nitrogens with one attached hydrogen (secondary N) is 1. The number of carbonyl (C=O) groups is 1. The maximum absolute atomic E-state index is 12.4. The van der Waals surface area contributed by atoms with Crippen LogP contribution in [0.1, 0.15) is 15.9 Å². The van der Waals surface area contributed by atoms with E-state index in [2.05, 4.69) is 21.2 Å². The lowest BCUT2D eigenvalue weighted by atomic mass is 10.1. The number of halogens is 1. The number of methoxy groups -OCH3 is 3. The fraction of sp³-hybridized carbons (Fsp3) is 0.278. The number of amides is 1. The maximum atomic E-state index is 12.4. The average Bonchev–Trinajstić information content (AvgIpc) is 2.61. The molecule has 0 aliphatic heterocycles. The zero-order valence-electron chi connectivity index (χ0n) is 13.9. The van der Waals surface area contributed by atoms with Gasteiger partial charge in [0.1, 0.15) is 17.2 Å². The maximum Gasteiger partial charge on any atom is 0.255 e. The van der Waals surface area contributed by atoms with Crippen molar-refractivity contribution in [3.63, 3.8) is 0 Å². The third-order valence-corrected chi connectivity index (χ3v) is 4.15. The Labute approximate surface area is 150 Å². The molecule has 1 N–H and O–H groups in total. The average molecular weight is 394 g/mol. The van der Waals surface area contributed by atoms with E-state index in [1.807, 2.05) is 24.3 Å². The molecular formula is C18H20BrNO4. The molecule has 24 heavy (non-hydrogen) atoms. The SMILES string of the molecule is COc1ccc(CCNC(=O)c2cc(OC)cc(Br)c2OC)cc1. The smallest absolute Gasteiger partial charge is 0.255 e. The summed E-state index contributed by atoms with van der Waals surface area (Å²) in [4.78, 5) is 12.4. The first-order chi connectivity index (χ1) is 11.6. The van der Waals surface area contributed by atoms with Gasteiger partial charge in [0, 0.05) is 6.54 Å². The number of hydrogen-bond donors (Lipinski definition) is 1. The second kappa shape index (κ2) is 8.59. The molecule has 2 aromatic carbocycles. The van der Waals surface area contributed by atoms with Crippen LogP contribution in [0.4, 0.5) is 0 Å². The van der Waals surface area contributed by atoms with Crippen LogP contribution in [-0.4, -0.2) is 33.8 Å². The Morgan fingerprint density at radius 1 is 1.00 bits per heavy atom. The Kier molecular flexibility index (Phi) is 6.49. The summed E-state index contributed by atoms with van der Waals surface area (Å²) < 4.78 is 16.3. The van der Waals surface area contributed by atoms with Crippen molar-refractivity contribution in [1.82, 2.24) is 5.32 Å². The molecule has 1 amide bonds. The van der Waals surface area contributed by atoms with E-state index in [1.54, 1.807) is 26.4 Å². The number of benzene rings is 2. The lowest BCUT2D eigenvalue weighted by Gasteiger charge is -2.13. The molecule has 0 unspecified atom stereocenters. The molecule has 0 aromatic heterocycles. The quantitative estimate of drug-likeness (QED) is 0.782. The van der Waals surface area contributed by atoms with Crippen molar-refractivity contribution < 1.29 is 19.0 Å². The molecule has 2 aromatic rings. The molecule has 128 valence electrons. The Morgan fingerprint density at radius 2 is 1.67 bits per heavy atom. The van der Waals surface area contributed by atoms with E-state index >= 15 is 0 Å². The van der Waals surface area contributed by atoms with Gasteiger partial charge in [-0.25, -0.2) is 0 Å². The first-order valence-corrected chi connectivity index (χ1v) is 8.21. The van der Waals surface area contributed by atoms with Gasteiger partial charge in [-0.05, 0) is 52.2 Å². The van der Waals surface area contributed by atoms with Crippen molar-refractivity contribution in [3.8, 4) is 17.2 Å². The summed E-state index contributed by atoms with van der Waals surface area (Å²) in [5.41, 5.74) is 1.55. The van der Waals surface area contributed by atoms with Gasteiger partial charge in [-0.2, -0.15) is 0 Å². The highest BCUT2D eigenvalue weighted by Gasteiger charge is 2.17. The summed E-state index contributed by atoms with van der Waals surface area (Å²) in [5, 5.41) is 2.90. The first-order valence-electron chi connectivity index (χ1n) is 7.41. The minimum absolute atomic E-state index is 0.208. The van der Waals surface area contributed by atoms with E-state index in [4.69, 9.17) is 14.2 Å². The molecule has 0 spiro atoms. The summed E-state index contributed by atoms with van der Waals surface area (Å²) in [5.74, 6) is 1.68. The van der Waals surface area contributed by atoms with E-state index in [-0.39, 0.29) is 5.91 Å². The van der Waals surface area contributed by atoms with E-state index in [9.17, 15) is 4.79 Å². The van der Waals surface area contributed by atoms with Crippen molar-refractivity contribution in [2.45, 2.75) is 6.42 Å². The minimum atomic E-state index is -0.208. The van der Waals surface area contributed by atoms with Gasteiger partial charge in [-0.1, -0.05) is 12.1 Å². The van der Waals surface area contributed by atoms with Gasteiger partial charge in [0.2, 0.25) is 0 Å². The van der Waals surface area contributed by atoms with E-state index in [1.165, 1.54) is 7.11 Å². The zero-order chi connectivity index (χ0) is 17.5. The number of carbonyl (C=O) groups excluding carboxylic acids is 1. The van der Waals surface area contributed by atoms with Crippen LogP contribution in [0.15, 0.2) is 40.9 Å². The summed E-state index contributed by atoms with van der Waals surface area (Å²) in [6.07, 6.45) is 0.725. The van der Waals surface area contributed by atoms with E-state index < -0.39 is 0 Å². The summed E-state index contributed by atoms with van der Waals surface area (Å²) in [7, 11) is 4.72. The van der Waals surface area contributed by atoms with E-state index in [0.29, 0.717) is 28.1 Å². The molecule has 0 aliphatic carbocycles. The zero-order valence-corrected chi connectivity index (χ0v) is 15.5. The van der Waals surface area contributed by atoms with Crippen molar-refractivity contribution in [2.75, 3.05) is 27.9 Å². The van der Waals surface area contributed by atoms with Crippen LogP contribution in [0, 0.1) is 0 Å². The molecule has 0 aliphatic rings. The predicted molar refractivity (Wildman–Crippen MR) is 96.3 cm³/mol. The normalized spacial score (nSPS) is 10.2. The second-order valence-corrected chi connectivity index (χ2v) is 5.90. The van der Waals surface area contributed by atoms with Gasteiger partial charge in [-0.3, -0.25) is 4.79 Å². The van der Waals surface area contributed by atoms with Crippen LogP contribution < -0.4 is 19.5 Å². The largest absolute Gasteiger partial charge is 0.497 e. The van der Waals surface area contributed by atoms with Crippen LogP contribution in [-0.2, 0) is 6.42 Å². The lowest BCUT2D eigenvalue weighted by Crippen LogP contribution is -2.26. The van der Waals surface area contributed by atoms with Gasteiger partial charge >= 0.3 is 0 Å². The van der Waals surface area contributed by atoms with Gasteiger partial charge in [0.25, 0.3) is 5.91 Å². The fourth-order valence-corrected chi connectivity index (χ4v) is 2.87. The molecule has 0 bridgehead atoms. The minimum Gasteiger partial charge on any atom is -0.497 e. The summed E-state index contributed by atoms with van der Waals surface area (Å²) >= 11 is 3.39. The van der Waals surface area contributed by atoms with Crippen molar-refractivity contribution in [3.05, 3.63) is 52.0 Å². The summed E-state index contributed by atoms with van der Waals surface area (Å²) in [6, 6.07) is 11.2. The van der Waals surface area contributed by atoms with Crippen molar-refractivity contribution in [1.29, 1.82) is 0 Å². The molecule has 0 saturated carbocycles. The van der Waals surface area contributed by atoms with Crippen LogP contribution in [0.2, 0.25) is 0 Å². The molecule has 0 fully saturated rings. The molecule has 6 heteroatoms. The highest BCUT2D eigenvalue weighted by atomic mass is 79.9. The predicted octanol–water partition coefficient (Wildman–Crippen LogP) is 3.45. The lowest BCUT2D eigenvalue weighted by molar-refractivity contribution is 0.0950. The van der Waals surface area contributed by atoms with Gasteiger partial charge in [-0.15, -0.1) is 0 Å². The molecule has 0 saturated heterocycles. The first kappa shape index (κ1) is 18.1. The topological polar surface area (TPSA) is 56.8 Å². The highest BCUT2D eigenvalue weighted by Crippen LogP contribution is 2.33. The monoisotopic (exact) mass is 393 g/mol. The molecule has 5 nitrogen and oxygen atoms in total. The summed E-state index contributed by atoms with van der Waals surface area (Å²) in [6.45, 7) is 0.517. The number of ether oxygens (including phenoxy) is 3. The highest BCUT2D eigenvalue weighted by molar-refractivity contribution is 9.10. The second-order valence-electron chi connectivity index (χ2n) is 5.04. The molecule has 2 rings (SSSR count). The number of rotatable bonds is 7. The Morgan fingerprint density at radius 3 is 2.25 bits per heavy atom. The van der Waals surface area contributed by atoms with Gasteiger partial charge in [0.05, 0.1) is 31.4 Å². The van der Waals surface area contributed by atoms with Crippen molar-refractivity contribution >= 4 is 21.8 Å². The molecule has 0 heterocycles. The van der Waals surface area contributed by atoms with Gasteiger partial charge in [0.15, 0.2) is 0 Å². The molecule has 0 atom stereocenters. The standard InChI is InChI=1S/C18H20BrNO4/c1-22-13-6-4-12(5-7-13)8-9-20-18(21)15-10-14(23-2)11-16(19)17(15)24-3/h4-7,10-11H,8-9H2,1-3H3,(H,20,21). The fourth-order valence-electron chi connectivity index (χ4n) is 2.27. The third-order valence-electron chi connectivity index (χ3n) is 3.56. The Hall–Kier alpha value is -2.21. The van der Waals surface area contributed by atoms with Crippen LogP contribution >= 0.6 is 15.9 Å². The Balaban J connectivity index is 2.02. The van der Waals surface area contributed by atoms with Crippen molar-refractivity contribution in [2.24, 2.45) is 0 Å².